The average Bonchev–Trinajstić information content (AvgIpc) is 2.70. The largest absolute Gasteiger partial charge is 1.00 e. The van der Waals surface area contributed by atoms with Crippen LogP contribution in [0.2, 0.25) is 0 Å². The lowest BCUT2D eigenvalue weighted by Gasteiger charge is -2.36. The third-order valence-corrected chi connectivity index (χ3v) is 7.14. The van der Waals surface area contributed by atoms with E-state index in [0.29, 0.717) is 0 Å². The molecule has 0 atom stereocenters. The SMILES string of the molecule is CCCCCCCCCCC[N+](C)(C)CC(O)C[N+](C)(C)CCCCCCCCCCC.[Br-]. The second-order valence-corrected chi connectivity index (χ2v) is 12.0. The van der Waals surface area contributed by atoms with E-state index in [1.165, 1.54) is 129 Å². The van der Waals surface area contributed by atoms with Crippen molar-refractivity contribution in [2.45, 2.75) is 136 Å². The molecule has 0 bridgehead atoms. The van der Waals surface area contributed by atoms with Crippen LogP contribution in [0.25, 0.3) is 0 Å². The second-order valence-electron chi connectivity index (χ2n) is 12.0. The monoisotopic (exact) mass is 535 g/mol. The minimum absolute atomic E-state index is 0. The number of quaternary nitrogens is 2. The van der Waals surface area contributed by atoms with Gasteiger partial charge in [-0.2, -0.15) is 0 Å². The van der Waals surface area contributed by atoms with Crippen molar-refractivity contribution < 1.29 is 31.1 Å². The van der Waals surface area contributed by atoms with Gasteiger partial charge in [0.2, 0.25) is 0 Å². The first-order valence-electron chi connectivity index (χ1n) is 14.5. The van der Waals surface area contributed by atoms with E-state index >= 15 is 0 Å². The Morgan fingerprint density at radius 1 is 0.455 bits per heavy atom. The van der Waals surface area contributed by atoms with E-state index in [1.807, 2.05) is 0 Å². The topological polar surface area (TPSA) is 20.2 Å². The molecular weight excluding hydrogens is 472 g/mol. The molecule has 0 aliphatic carbocycles. The van der Waals surface area contributed by atoms with Gasteiger partial charge in [0.05, 0.1) is 41.3 Å². The highest BCUT2D eigenvalue weighted by Gasteiger charge is 2.26. The van der Waals surface area contributed by atoms with Gasteiger partial charge >= 0.3 is 0 Å². The molecule has 0 unspecified atom stereocenters. The Hall–Kier alpha value is 0.360. The first-order valence-corrected chi connectivity index (χ1v) is 14.5. The first-order chi connectivity index (χ1) is 15.2. The molecule has 0 saturated heterocycles. The third kappa shape index (κ3) is 25.3. The number of nitrogens with zero attached hydrogens (tertiary/aromatic N) is 2. The fourth-order valence-electron chi connectivity index (χ4n) is 5.08. The summed E-state index contributed by atoms with van der Waals surface area (Å²) in [5.41, 5.74) is 0. The lowest BCUT2D eigenvalue weighted by atomic mass is 10.1. The van der Waals surface area contributed by atoms with Gasteiger partial charge in [-0.25, -0.2) is 0 Å². The Morgan fingerprint density at radius 3 is 0.970 bits per heavy atom. The highest BCUT2D eigenvalue weighted by Crippen LogP contribution is 2.14. The maximum Gasteiger partial charge on any atom is 0.152 e. The molecule has 0 heterocycles. The predicted octanol–water partition coefficient (Wildman–Crippen LogP) is 4.57. The van der Waals surface area contributed by atoms with E-state index in [0.717, 1.165) is 22.1 Å². The fraction of sp³-hybridized carbons (Fsp3) is 1.00. The predicted molar refractivity (Wildman–Crippen MR) is 144 cm³/mol. The highest BCUT2D eigenvalue weighted by molar-refractivity contribution is 4.55. The molecule has 3 nitrogen and oxygen atoms in total. The molecule has 0 spiro atoms. The molecule has 0 radical (unpaired) electrons. The number of aliphatic hydroxyl groups is 1. The van der Waals surface area contributed by atoms with E-state index in [9.17, 15) is 5.11 Å². The van der Waals surface area contributed by atoms with Crippen molar-refractivity contribution in [3.63, 3.8) is 0 Å². The van der Waals surface area contributed by atoms with Crippen LogP contribution in [0.5, 0.6) is 0 Å². The zero-order valence-corrected chi connectivity index (χ0v) is 25.4. The zero-order valence-electron chi connectivity index (χ0n) is 23.9. The highest BCUT2D eigenvalue weighted by atomic mass is 79.9. The molecule has 0 saturated carbocycles. The van der Waals surface area contributed by atoms with Crippen LogP contribution < -0.4 is 17.0 Å². The third-order valence-electron chi connectivity index (χ3n) is 7.14. The van der Waals surface area contributed by atoms with E-state index < -0.39 is 0 Å². The number of halogens is 1. The Balaban J connectivity index is 0. The van der Waals surface area contributed by atoms with Gasteiger partial charge in [-0.3, -0.25) is 0 Å². The average molecular weight is 537 g/mol. The summed E-state index contributed by atoms with van der Waals surface area (Å²) < 4.78 is 1.91. The molecule has 0 amide bonds. The summed E-state index contributed by atoms with van der Waals surface area (Å²) in [4.78, 5) is 0. The number of hydrogen-bond acceptors (Lipinski definition) is 1. The molecule has 4 heteroatoms. The van der Waals surface area contributed by atoms with Crippen LogP contribution in [0.1, 0.15) is 129 Å². The summed E-state index contributed by atoms with van der Waals surface area (Å²) in [5, 5.41) is 10.8. The normalized spacial score (nSPS) is 12.4. The van der Waals surface area contributed by atoms with Crippen LogP contribution in [0.4, 0.5) is 0 Å². The maximum atomic E-state index is 10.8. The molecule has 0 aliphatic heterocycles. The number of aliphatic hydroxyl groups excluding tert-OH is 1. The van der Waals surface area contributed by atoms with E-state index in [2.05, 4.69) is 42.0 Å². The smallest absolute Gasteiger partial charge is 0.152 e. The van der Waals surface area contributed by atoms with Crippen molar-refractivity contribution in [3.8, 4) is 0 Å². The van der Waals surface area contributed by atoms with Crippen LogP contribution in [0.3, 0.4) is 0 Å². The second kappa shape index (κ2) is 22.8. The summed E-state index contributed by atoms with van der Waals surface area (Å²) >= 11 is 0. The molecule has 0 aliphatic rings. The van der Waals surface area contributed by atoms with Crippen molar-refractivity contribution >= 4 is 0 Å². The molecule has 0 fully saturated rings. The Bertz CT molecular complexity index is 365. The Morgan fingerprint density at radius 2 is 0.697 bits per heavy atom. The van der Waals surface area contributed by atoms with Gasteiger partial charge in [0, 0.05) is 0 Å². The number of unbranched alkanes of at least 4 members (excludes halogenated alkanes) is 16. The number of hydrogen-bond donors (Lipinski definition) is 1. The molecule has 0 aromatic heterocycles. The summed E-state index contributed by atoms with van der Waals surface area (Å²) in [5.74, 6) is 0. The lowest BCUT2D eigenvalue weighted by Crippen LogP contribution is -3.00. The summed E-state index contributed by atoms with van der Waals surface area (Å²) in [6, 6.07) is 0. The summed E-state index contributed by atoms with van der Waals surface area (Å²) in [6.45, 7) is 8.73. The van der Waals surface area contributed by atoms with E-state index in [-0.39, 0.29) is 23.1 Å². The first kappa shape index (κ1) is 35.5. The molecule has 202 valence electrons. The van der Waals surface area contributed by atoms with Crippen molar-refractivity contribution in [1.29, 1.82) is 0 Å². The molecular formula is C29H64BrN2O+. The quantitative estimate of drug-likeness (QED) is 0.142. The van der Waals surface area contributed by atoms with Gasteiger partial charge in [-0.15, -0.1) is 0 Å². The van der Waals surface area contributed by atoms with Crippen molar-refractivity contribution in [3.05, 3.63) is 0 Å². The fourth-order valence-corrected chi connectivity index (χ4v) is 5.08. The van der Waals surface area contributed by atoms with Crippen LogP contribution >= 0.6 is 0 Å². The zero-order chi connectivity index (χ0) is 24.1. The summed E-state index contributed by atoms with van der Waals surface area (Å²) in [6.07, 6.45) is 24.7. The van der Waals surface area contributed by atoms with Crippen LogP contribution in [-0.2, 0) is 0 Å². The van der Waals surface area contributed by atoms with Gasteiger partial charge in [0.15, 0.2) is 6.10 Å². The van der Waals surface area contributed by atoms with Crippen LogP contribution in [0, 0.1) is 0 Å². The van der Waals surface area contributed by atoms with Crippen LogP contribution in [-0.4, -0.2) is 74.5 Å². The number of likely N-dealkylation sites (N-methyl/N-ethyl adjacent to an activating group) is 2. The minimum Gasteiger partial charge on any atom is -1.00 e. The van der Waals surface area contributed by atoms with Crippen molar-refractivity contribution in [2.24, 2.45) is 0 Å². The molecule has 0 aromatic rings. The van der Waals surface area contributed by atoms with Gasteiger partial charge in [-0.05, 0) is 25.7 Å². The molecule has 33 heavy (non-hydrogen) atoms. The van der Waals surface area contributed by atoms with E-state index in [4.69, 9.17) is 0 Å². The Kier molecular flexibility index (Phi) is 24.5. The van der Waals surface area contributed by atoms with Gasteiger partial charge in [0.1, 0.15) is 13.1 Å². The van der Waals surface area contributed by atoms with Crippen molar-refractivity contribution in [2.75, 3.05) is 54.4 Å². The summed E-state index contributed by atoms with van der Waals surface area (Å²) in [7, 11) is 9.20. The van der Waals surface area contributed by atoms with Crippen molar-refractivity contribution in [1.82, 2.24) is 0 Å². The van der Waals surface area contributed by atoms with Gasteiger partial charge in [0.25, 0.3) is 0 Å². The van der Waals surface area contributed by atoms with Crippen LogP contribution in [0.15, 0.2) is 0 Å². The standard InChI is InChI=1S/C29H64N2O.BrH/c1-7-9-11-13-15-17-19-21-23-25-30(3,4)27-29(32)28-31(5,6)26-24-22-20-18-16-14-12-10-8-2;/h29,32H,7-28H2,1-6H3;1H/q+2;/p-1. The molecule has 0 aromatic carbocycles. The van der Waals surface area contributed by atoms with Gasteiger partial charge in [-0.1, -0.05) is 104 Å². The molecule has 0 rings (SSSR count). The lowest BCUT2D eigenvalue weighted by molar-refractivity contribution is -0.914. The number of rotatable bonds is 24. The minimum atomic E-state index is -0.197. The Labute approximate surface area is 220 Å². The van der Waals surface area contributed by atoms with Gasteiger partial charge < -0.3 is 31.1 Å². The molecule has 1 N–H and O–H groups in total. The van der Waals surface area contributed by atoms with E-state index in [1.54, 1.807) is 0 Å². The maximum absolute atomic E-state index is 10.8.